The van der Waals surface area contributed by atoms with E-state index in [9.17, 15) is 4.57 Å². The highest BCUT2D eigenvalue weighted by Gasteiger charge is 2.28. The minimum atomic E-state index is -2.91. The fourth-order valence-electron chi connectivity index (χ4n) is 2.94. The maximum atomic E-state index is 13.5. The molecule has 0 aliphatic heterocycles. The third kappa shape index (κ3) is 4.96. The van der Waals surface area contributed by atoms with Crippen molar-refractivity contribution in [2.24, 2.45) is 5.92 Å². The van der Waals surface area contributed by atoms with Crippen molar-refractivity contribution in [2.45, 2.75) is 13.8 Å². The maximum absolute atomic E-state index is 13.5. The highest BCUT2D eigenvalue weighted by Crippen LogP contribution is 2.44. The van der Waals surface area contributed by atoms with Gasteiger partial charge in [-0.05, 0) is 35.8 Å². The Morgan fingerprint density at radius 1 is 0.815 bits per heavy atom. The molecule has 0 bridgehead atoms. The van der Waals surface area contributed by atoms with Gasteiger partial charge in [0.05, 0.1) is 6.61 Å². The molecule has 0 spiro atoms. The van der Waals surface area contributed by atoms with E-state index >= 15 is 0 Å². The molecule has 0 amide bonds. The Labute approximate surface area is 163 Å². The monoisotopic (exact) mass is 396 g/mol. The third-order valence-corrected chi connectivity index (χ3v) is 8.83. The first-order valence-electron chi connectivity index (χ1n) is 9.21. The molecular weight excluding hydrogens is 370 g/mol. The van der Waals surface area contributed by atoms with Gasteiger partial charge in [0.2, 0.25) is 7.37 Å². The van der Waals surface area contributed by atoms with Crippen molar-refractivity contribution in [1.29, 1.82) is 0 Å². The standard InChI is InChI=1S/C23H26O2P2/c1-19(2)18-25-27(3,24)23-17-11-10-16-22(23)26(20-12-6-4-7-13-20)21-14-8-5-9-15-21/h4-17,19H,18H2,1-3H3. The second-order valence-corrected chi connectivity index (χ2v) is 11.6. The molecule has 0 N–H and O–H groups in total. The zero-order valence-electron chi connectivity index (χ0n) is 16.1. The molecule has 3 aromatic carbocycles. The van der Waals surface area contributed by atoms with Crippen molar-refractivity contribution in [2.75, 3.05) is 13.3 Å². The maximum Gasteiger partial charge on any atom is 0.229 e. The normalized spacial score (nSPS) is 13.7. The number of rotatable bonds is 7. The molecule has 0 radical (unpaired) electrons. The molecule has 3 aromatic rings. The molecular formula is C23H26O2P2. The molecule has 1 atom stereocenters. The average molecular weight is 396 g/mol. The smallest absolute Gasteiger partial charge is 0.229 e. The molecule has 0 fully saturated rings. The summed E-state index contributed by atoms with van der Waals surface area (Å²) in [5.41, 5.74) is 0. The first kappa shape index (κ1) is 20.0. The van der Waals surface area contributed by atoms with Gasteiger partial charge in [0.15, 0.2) is 0 Å². The summed E-state index contributed by atoms with van der Waals surface area (Å²) in [5, 5.41) is 4.44. The highest BCUT2D eigenvalue weighted by atomic mass is 31.2. The predicted molar refractivity (Wildman–Crippen MR) is 119 cm³/mol. The number of hydrogen-bond donors (Lipinski definition) is 0. The van der Waals surface area contributed by atoms with Crippen molar-refractivity contribution in [3.63, 3.8) is 0 Å². The van der Waals surface area contributed by atoms with Crippen LogP contribution in [0.3, 0.4) is 0 Å². The second-order valence-electron chi connectivity index (χ2n) is 7.03. The van der Waals surface area contributed by atoms with Gasteiger partial charge in [-0.15, -0.1) is 0 Å². The minimum Gasteiger partial charge on any atom is -0.325 e. The molecule has 0 aliphatic carbocycles. The van der Waals surface area contributed by atoms with Crippen LogP contribution in [-0.2, 0) is 9.09 Å². The fraction of sp³-hybridized carbons (Fsp3) is 0.217. The van der Waals surface area contributed by atoms with E-state index in [-0.39, 0.29) is 0 Å². The summed E-state index contributed by atoms with van der Waals surface area (Å²) >= 11 is 0. The minimum absolute atomic E-state index is 0.343. The van der Waals surface area contributed by atoms with Gasteiger partial charge in [-0.25, -0.2) is 0 Å². The van der Waals surface area contributed by atoms with E-state index in [1.54, 1.807) is 6.66 Å². The molecule has 0 heterocycles. The van der Waals surface area contributed by atoms with Crippen molar-refractivity contribution in [3.05, 3.63) is 84.9 Å². The van der Waals surface area contributed by atoms with Gasteiger partial charge in [0.1, 0.15) is 0 Å². The van der Waals surface area contributed by atoms with Gasteiger partial charge >= 0.3 is 0 Å². The van der Waals surface area contributed by atoms with Crippen LogP contribution in [0.25, 0.3) is 0 Å². The summed E-state index contributed by atoms with van der Waals surface area (Å²) in [7, 11) is -3.72. The van der Waals surface area contributed by atoms with Gasteiger partial charge in [0.25, 0.3) is 0 Å². The van der Waals surface area contributed by atoms with E-state index in [0.29, 0.717) is 12.5 Å². The van der Waals surface area contributed by atoms with E-state index in [2.05, 4.69) is 68.4 Å². The summed E-state index contributed by atoms with van der Waals surface area (Å²) in [5.74, 6) is 0.343. The van der Waals surface area contributed by atoms with Crippen LogP contribution in [0.1, 0.15) is 13.8 Å². The van der Waals surface area contributed by atoms with Crippen LogP contribution in [0, 0.1) is 5.92 Å². The summed E-state index contributed by atoms with van der Waals surface area (Å²) < 4.78 is 19.4. The van der Waals surface area contributed by atoms with Gasteiger partial charge in [-0.1, -0.05) is 92.7 Å². The molecule has 27 heavy (non-hydrogen) atoms. The average Bonchev–Trinajstić information content (AvgIpc) is 2.69. The fourth-order valence-corrected chi connectivity index (χ4v) is 7.69. The Hall–Kier alpha value is -1.72. The molecule has 0 aliphatic rings. The van der Waals surface area contributed by atoms with Gasteiger partial charge in [0, 0.05) is 12.0 Å². The van der Waals surface area contributed by atoms with Crippen LogP contribution in [0.5, 0.6) is 0 Å². The molecule has 0 aromatic heterocycles. The molecule has 4 heteroatoms. The van der Waals surface area contributed by atoms with E-state index in [1.165, 1.54) is 10.6 Å². The van der Waals surface area contributed by atoms with Crippen molar-refractivity contribution in [3.8, 4) is 0 Å². The summed E-state index contributed by atoms with van der Waals surface area (Å²) in [6.07, 6.45) is 0. The van der Waals surface area contributed by atoms with Crippen LogP contribution in [-0.4, -0.2) is 13.3 Å². The highest BCUT2D eigenvalue weighted by molar-refractivity contribution is 7.82. The van der Waals surface area contributed by atoms with Crippen molar-refractivity contribution in [1.82, 2.24) is 0 Å². The predicted octanol–water partition coefficient (Wildman–Crippen LogP) is 4.65. The topological polar surface area (TPSA) is 26.3 Å². The van der Waals surface area contributed by atoms with E-state index < -0.39 is 15.3 Å². The van der Waals surface area contributed by atoms with Crippen LogP contribution in [0.15, 0.2) is 84.9 Å². The number of hydrogen-bond acceptors (Lipinski definition) is 2. The molecule has 0 saturated carbocycles. The van der Waals surface area contributed by atoms with E-state index in [0.717, 1.165) is 10.6 Å². The number of benzene rings is 3. The Morgan fingerprint density at radius 2 is 1.30 bits per heavy atom. The Balaban J connectivity index is 2.13. The van der Waals surface area contributed by atoms with Crippen LogP contribution in [0.4, 0.5) is 0 Å². The van der Waals surface area contributed by atoms with Gasteiger partial charge in [-0.3, -0.25) is 4.57 Å². The molecule has 140 valence electrons. The van der Waals surface area contributed by atoms with Gasteiger partial charge < -0.3 is 4.52 Å². The SMILES string of the molecule is CC(C)COP(C)(=O)c1ccccc1P(c1ccccc1)c1ccccc1. The molecule has 2 nitrogen and oxygen atoms in total. The summed E-state index contributed by atoms with van der Waals surface area (Å²) in [6, 6.07) is 29.0. The van der Waals surface area contributed by atoms with E-state index in [1.807, 2.05) is 30.3 Å². The lowest BCUT2D eigenvalue weighted by molar-refractivity contribution is 0.278. The first-order chi connectivity index (χ1) is 13.0. The van der Waals surface area contributed by atoms with Crippen LogP contribution >= 0.6 is 15.3 Å². The lowest BCUT2D eigenvalue weighted by Gasteiger charge is -2.25. The summed E-state index contributed by atoms with van der Waals surface area (Å²) in [4.78, 5) is 0. The zero-order chi connectivity index (χ0) is 19.3. The van der Waals surface area contributed by atoms with Crippen molar-refractivity contribution < 1.29 is 9.09 Å². The molecule has 1 unspecified atom stereocenters. The zero-order valence-corrected chi connectivity index (χ0v) is 17.9. The second kappa shape index (κ2) is 8.98. The Bertz CT molecular complexity index is 868. The van der Waals surface area contributed by atoms with Crippen LogP contribution in [0.2, 0.25) is 0 Å². The van der Waals surface area contributed by atoms with E-state index in [4.69, 9.17) is 4.52 Å². The van der Waals surface area contributed by atoms with Crippen LogP contribution < -0.4 is 21.2 Å². The first-order valence-corrected chi connectivity index (χ1v) is 12.6. The third-order valence-electron chi connectivity index (χ3n) is 4.24. The molecule has 3 rings (SSSR count). The Kier molecular flexibility index (Phi) is 6.66. The lowest BCUT2D eigenvalue weighted by atomic mass is 10.2. The van der Waals surface area contributed by atoms with Gasteiger partial charge in [-0.2, -0.15) is 0 Å². The largest absolute Gasteiger partial charge is 0.325 e. The summed E-state index contributed by atoms with van der Waals surface area (Å²) in [6.45, 7) is 6.40. The molecule has 0 saturated heterocycles. The lowest BCUT2D eigenvalue weighted by Crippen LogP contribution is -2.31. The quantitative estimate of drug-likeness (QED) is 0.544. The van der Waals surface area contributed by atoms with Crippen molar-refractivity contribution >= 4 is 36.5 Å². The Morgan fingerprint density at radius 3 is 1.81 bits per heavy atom.